The van der Waals surface area contributed by atoms with Crippen LogP contribution < -0.4 is 10.1 Å². The zero-order valence-electron chi connectivity index (χ0n) is 9.63. The second kappa shape index (κ2) is 5.55. The average Bonchev–Trinajstić information content (AvgIpc) is 3.06. The van der Waals surface area contributed by atoms with Gasteiger partial charge in [-0.3, -0.25) is 0 Å². The van der Waals surface area contributed by atoms with Gasteiger partial charge in [0.15, 0.2) is 0 Å². The molecular formula is C13H18ClNO. The van der Waals surface area contributed by atoms with Crippen LogP contribution in [0.15, 0.2) is 18.2 Å². The molecule has 16 heavy (non-hydrogen) atoms. The van der Waals surface area contributed by atoms with Gasteiger partial charge in [0, 0.05) is 11.1 Å². The van der Waals surface area contributed by atoms with E-state index in [1.54, 1.807) is 0 Å². The maximum absolute atomic E-state index is 5.91. The van der Waals surface area contributed by atoms with Crippen LogP contribution in [0, 0.1) is 6.92 Å². The first-order chi connectivity index (χ1) is 7.75. The van der Waals surface area contributed by atoms with Gasteiger partial charge in [-0.2, -0.15) is 0 Å². The van der Waals surface area contributed by atoms with Gasteiger partial charge in [0.1, 0.15) is 5.75 Å². The largest absolute Gasteiger partial charge is 0.493 e. The highest BCUT2D eigenvalue weighted by Gasteiger charge is 2.19. The van der Waals surface area contributed by atoms with Crippen molar-refractivity contribution in [3.8, 4) is 5.75 Å². The third-order valence-corrected chi connectivity index (χ3v) is 2.97. The molecule has 0 spiro atoms. The molecule has 1 fully saturated rings. The van der Waals surface area contributed by atoms with Crippen LogP contribution in [0.4, 0.5) is 0 Å². The lowest BCUT2D eigenvalue weighted by Crippen LogP contribution is -2.19. The Morgan fingerprint density at radius 3 is 3.00 bits per heavy atom. The van der Waals surface area contributed by atoms with Crippen LogP contribution >= 0.6 is 11.6 Å². The first-order valence-electron chi connectivity index (χ1n) is 5.88. The lowest BCUT2D eigenvalue weighted by atomic mass is 10.2. The summed E-state index contributed by atoms with van der Waals surface area (Å²) in [4.78, 5) is 0. The molecule has 1 aliphatic rings. The molecule has 0 aliphatic heterocycles. The van der Waals surface area contributed by atoms with E-state index in [1.807, 2.05) is 25.1 Å². The van der Waals surface area contributed by atoms with E-state index in [4.69, 9.17) is 16.3 Å². The lowest BCUT2D eigenvalue weighted by molar-refractivity contribution is 0.306. The third kappa shape index (κ3) is 3.69. The van der Waals surface area contributed by atoms with Crippen LogP contribution in [-0.4, -0.2) is 19.2 Å². The molecule has 3 heteroatoms. The van der Waals surface area contributed by atoms with Crippen LogP contribution in [0.1, 0.15) is 24.8 Å². The summed E-state index contributed by atoms with van der Waals surface area (Å²) >= 11 is 5.91. The quantitative estimate of drug-likeness (QED) is 0.770. The second-order valence-electron chi connectivity index (χ2n) is 4.34. The van der Waals surface area contributed by atoms with E-state index in [0.29, 0.717) is 0 Å². The van der Waals surface area contributed by atoms with Crippen molar-refractivity contribution in [1.82, 2.24) is 5.32 Å². The Labute approximate surface area is 102 Å². The predicted octanol–water partition coefficient (Wildman–Crippen LogP) is 3.17. The zero-order valence-corrected chi connectivity index (χ0v) is 10.4. The number of hydrogen-bond acceptors (Lipinski definition) is 2. The minimum Gasteiger partial charge on any atom is -0.493 e. The van der Waals surface area contributed by atoms with Gasteiger partial charge in [-0.1, -0.05) is 17.7 Å². The van der Waals surface area contributed by atoms with Gasteiger partial charge in [0.25, 0.3) is 0 Å². The van der Waals surface area contributed by atoms with E-state index in [0.717, 1.165) is 41.9 Å². The molecule has 0 bridgehead atoms. The Kier molecular flexibility index (Phi) is 4.08. The van der Waals surface area contributed by atoms with Crippen molar-refractivity contribution in [3.05, 3.63) is 28.8 Å². The minimum absolute atomic E-state index is 0.733. The molecule has 0 atom stereocenters. The third-order valence-electron chi connectivity index (χ3n) is 2.74. The fourth-order valence-corrected chi connectivity index (χ4v) is 1.74. The van der Waals surface area contributed by atoms with E-state index >= 15 is 0 Å². The van der Waals surface area contributed by atoms with Gasteiger partial charge in [-0.25, -0.2) is 0 Å². The van der Waals surface area contributed by atoms with Gasteiger partial charge in [-0.15, -0.1) is 0 Å². The highest BCUT2D eigenvalue weighted by molar-refractivity contribution is 6.30. The van der Waals surface area contributed by atoms with Gasteiger partial charge < -0.3 is 10.1 Å². The number of nitrogens with one attached hydrogen (secondary N) is 1. The van der Waals surface area contributed by atoms with Crippen molar-refractivity contribution in [2.45, 2.75) is 32.2 Å². The highest BCUT2D eigenvalue weighted by atomic mass is 35.5. The summed E-state index contributed by atoms with van der Waals surface area (Å²) in [5.41, 5.74) is 1.14. The summed E-state index contributed by atoms with van der Waals surface area (Å²) in [5.74, 6) is 0.902. The maximum atomic E-state index is 5.91. The van der Waals surface area contributed by atoms with E-state index in [2.05, 4.69) is 5.32 Å². The smallest absolute Gasteiger partial charge is 0.123 e. The van der Waals surface area contributed by atoms with Gasteiger partial charge in [0.2, 0.25) is 0 Å². The molecule has 1 aromatic rings. The number of rotatable bonds is 6. The summed E-state index contributed by atoms with van der Waals surface area (Å²) in [7, 11) is 0. The Balaban J connectivity index is 1.69. The molecule has 0 amide bonds. The monoisotopic (exact) mass is 239 g/mol. The van der Waals surface area contributed by atoms with E-state index in [1.165, 1.54) is 12.8 Å². The Morgan fingerprint density at radius 1 is 1.44 bits per heavy atom. The molecule has 0 saturated heterocycles. The first-order valence-corrected chi connectivity index (χ1v) is 6.26. The van der Waals surface area contributed by atoms with Crippen molar-refractivity contribution in [1.29, 1.82) is 0 Å². The molecule has 88 valence electrons. The number of aryl methyl sites for hydroxylation is 1. The molecule has 2 nitrogen and oxygen atoms in total. The molecule has 1 N–H and O–H groups in total. The second-order valence-corrected chi connectivity index (χ2v) is 4.78. The molecule has 0 heterocycles. The van der Waals surface area contributed by atoms with Crippen LogP contribution in [0.3, 0.4) is 0 Å². The van der Waals surface area contributed by atoms with Crippen molar-refractivity contribution < 1.29 is 4.74 Å². The molecule has 0 unspecified atom stereocenters. The Morgan fingerprint density at radius 2 is 2.25 bits per heavy atom. The topological polar surface area (TPSA) is 21.3 Å². The summed E-state index contributed by atoms with van der Waals surface area (Å²) in [5, 5.41) is 4.20. The fraction of sp³-hybridized carbons (Fsp3) is 0.538. The van der Waals surface area contributed by atoms with Gasteiger partial charge >= 0.3 is 0 Å². The SMILES string of the molecule is Cc1ccc(Cl)cc1OCCCNC1CC1. The van der Waals surface area contributed by atoms with Crippen molar-refractivity contribution in [2.75, 3.05) is 13.2 Å². The van der Waals surface area contributed by atoms with Crippen molar-refractivity contribution in [3.63, 3.8) is 0 Å². The maximum Gasteiger partial charge on any atom is 0.123 e. The van der Waals surface area contributed by atoms with Crippen LogP contribution in [-0.2, 0) is 0 Å². The fourth-order valence-electron chi connectivity index (χ4n) is 1.58. The van der Waals surface area contributed by atoms with Crippen LogP contribution in [0.2, 0.25) is 5.02 Å². The molecule has 1 aliphatic carbocycles. The number of benzene rings is 1. The molecule has 1 saturated carbocycles. The number of hydrogen-bond donors (Lipinski definition) is 1. The molecule has 0 radical (unpaired) electrons. The zero-order chi connectivity index (χ0) is 11.4. The standard InChI is InChI=1S/C13H18ClNO/c1-10-3-4-11(14)9-13(10)16-8-2-7-15-12-5-6-12/h3-4,9,12,15H,2,5-8H2,1H3. The molecule has 1 aromatic carbocycles. The van der Waals surface area contributed by atoms with E-state index in [-0.39, 0.29) is 0 Å². The number of ether oxygens (including phenoxy) is 1. The predicted molar refractivity (Wildman–Crippen MR) is 67.3 cm³/mol. The molecule has 0 aromatic heterocycles. The minimum atomic E-state index is 0.733. The Bertz CT molecular complexity index is 350. The number of halogens is 1. The highest BCUT2D eigenvalue weighted by Crippen LogP contribution is 2.22. The van der Waals surface area contributed by atoms with Crippen LogP contribution in [0.25, 0.3) is 0 Å². The molecular weight excluding hydrogens is 222 g/mol. The average molecular weight is 240 g/mol. The van der Waals surface area contributed by atoms with E-state index < -0.39 is 0 Å². The van der Waals surface area contributed by atoms with Crippen LogP contribution in [0.5, 0.6) is 5.75 Å². The summed E-state index contributed by atoms with van der Waals surface area (Å²) in [6.07, 6.45) is 3.73. The lowest BCUT2D eigenvalue weighted by Gasteiger charge is -2.09. The van der Waals surface area contributed by atoms with Crippen molar-refractivity contribution in [2.24, 2.45) is 0 Å². The van der Waals surface area contributed by atoms with Crippen molar-refractivity contribution >= 4 is 11.6 Å². The molecule has 2 rings (SSSR count). The van der Waals surface area contributed by atoms with Gasteiger partial charge in [0.05, 0.1) is 6.61 Å². The summed E-state index contributed by atoms with van der Waals surface area (Å²) in [6, 6.07) is 6.54. The first kappa shape index (κ1) is 11.7. The Hall–Kier alpha value is -0.730. The summed E-state index contributed by atoms with van der Waals surface area (Å²) < 4.78 is 5.70. The van der Waals surface area contributed by atoms with Gasteiger partial charge in [-0.05, 0) is 50.4 Å². The normalized spacial score (nSPS) is 15.1. The van der Waals surface area contributed by atoms with E-state index in [9.17, 15) is 0 Å². The summed E-state index contributed by atoms with van der Waals surface area (Å²) in [6.45, 7) is 3.83.